The number of hydrogen-bond donors (Lipinski definition) is 2. The van der Waals surface area contributed by atoms with Gasteiger partial charge >= 0.3 is 0 Å². The maximum absolute atomic E-state index is 5.63. The summed E-state index contributed by atoms with van der Waals surface area (Å²) in [5.74, 6) is 2.92. The average Bonchev–Trinajstić information content (AvgIpc) is 2.99. The van der Waals surface area contributed by atoms with Crippen molar-refractivity contribution >= 4 is 29.9 Å². The second kappa shape index (κ2) is 11.7. The fourth-order valence-corrected chi connectivity index (χ4v) is 1.94. The Hall–Kier alpha value is -1.84. The van der Waals surface area contributed by atoms with Crippen molar-refractivity contribution in [2.24, 2.45) is 4.99 Å². The molecule has 1 heterocycles. The van der Waals surface area contributed by atoms with E-state index >= 15 is 0 Å². The normalized spacial score (nSPS) is 10.8. The van der Waals surface area contributed by atoms with Crippen LogP contribution in [0.2, 0.25) is 0 Å². The average molecular weight is 445 g/mol. The molecule has 2 rings (SSSR count). The molecule has 0 aliphatic heterocycles. The van der Waals surface area contributed by atoms with Crippen LogP contribution in [0.4, 0.5) is 0 Å². The summed E-state index contributed by atoms with van der Waals surface area (Å²) >= 11 is 0. The van der Waals surface area contributed by atoms with Gasteiger partial charge in [-0.3, -0.25) is 4.99 Å². The lowest BCUT2D eigenvalue weighted by atomic mass is 10.3. The summed E-state index contributed by atoms with van der Waals surface area (Å²) in [5, 5.41) is 10.2. The van der Waals surface area contributed by atoms with Crippen LogP contribution in [0.5, 0.6) is 5.75 Å². The van der Waals surface area contributed by atoms with Gasteiger partial charge in [-0.15, -0.1) is 24.0 Å². The van der Waals surface area contributed by atoms with Gasteiger partial charge in [0.05, 0.1) is 6.61 Å². The molecular formula is C16H24IN5O2. The molecule has 2 aromatic rings. The van der Waals surface area contributed by atoms with Crippen molar-refractivity contribution in [3.8, 4) is 5.75 Å². The summed E-state index contributed by atoms with van der Waals surface area (Å²) in [5.41, 5.74) is 0. The highest BCUT2D eigenvalue weighted by Gasteiger charge is 2.03. The molecule has 0 spiro atoms. The van der Waals surface area contributed by atoms with Gasteiger partial charge in [0.1, 0.15) is 5.75 Å². The van der Waals surface area contributed by atoms with E-state index in [-0.39, 0.29) is 24.0 Å². The van der Waals surface area contributed by atoms with Crippen molar-refractivity contribution in [1.29, 1.82) is 0 Å². The zero-order valence-electron chi connectivity index (χ0n) is 14.0. The molecule has 0 saturated heterocycles. The van der Waals surface area contributed by atoms with Crippen molar-refractivity contribution in [2.45, 2.75) is 19.8 Å². The molecule has 1 aromatic heterocycles. The lowest BCUT2D eigenvalue weighted by molar-refractivity contribution is 0.311. The number of guanidine groups is 1. The Labute approximate surface area is 159 Å². The first-order valence-electron chi connectivity index (χ1n) is 7.69. The molecule has 24 heavy (non-hydrogen) atoms. The van der Waals surface area contributed by atoms with Gasteiger partial charge in [0.2, 0.25) is 5.89 Å². The molecule has 7 nitrogen and oxygen atoms in total. The van der Waals surface area contributed by atoms with Crippen LogP contribution in [0.25, 0.3) is 0 Å². The second-order valence-corrected chi connectivity index (χ2v) is 4.93. The van der Waals surface area contributed by atoms with E-state index in [9.17, 15) is 0 Å². The van der Waals surface area contributed by atoms with Crippen LogP contribution in [0.15, 0.2) is 39.8 Å². The van der Waals surface area contributed by atoms with Gasteiger partial charge in [-0.05, 0) is 25.5 Å². The number of nitrogens with zero attached hydrogens (tertiary/aromatic N) is 3. The van der Waals surface area contributed by atoms with Crippen LogP contribution in [0.3, 0.4) is 0 Å². The number of nitrogens with one attached hydrogen (secondary N) is 2. The summed E-state index contributed by atoms with van der Waals surface area (Å²) in [4.78, 5) is 8.32. The number of aryl methyl sites for hydroxylation is 1. The number of ether oxygens (including phenoxy) is 1. The molecule has 2 N–H and O–H groups in total. The zero-order valence-corrected chi connectivity index (χ0v) is 16.3. The number of hydrogen-bond acceptors (Lipinski definition) is 5. The number of benzene rings is 1. The molecule has 0 amide bonds. The lowest BCUT2D eigenvalue weighted by Gasteiger charge is -2.11. The molecule has 1 aromatic carbocycles. The summed E-state index contributed by atoms with van der Waals surface area (Å²) in [6.45, 7) is 3.93. The van der Waals surface area contributed by atoms with E-state index in [2.05, 4.69) is 25.8 Å². The van der Waals surface area contributed by atoms with Crippen LogP contribution in [-0.2, 0) is 6.42 Å². The minimum absolute atomic E-state index is 0. The molecule has 0 aliphatic carbocycles. The fourth-order valence-electron chi connectivity index (χ4n) is 1.94. The Balaban J connectivity index is 0.00000288. The summed E-state index contributed by atoms with van der Waals surface area (Å²) in [7, 11) is 1.74. The van der Waals surface area contributed by atoms with Crippen molar-refractivity contribution in [3.63, 3.8) is 0 Å². The van der Waals surface area contributed by atoms with Crippen LogP contribution in [-0.4, -0.2) is 42.8 Å². The van der Waals surface area contributed by atoms with Gasteiger partial charge in [-0.1, -0.05) is 23.4 Å². The molecule has 0 radical (unpaired) electrons. The summed E-state index contributed by atoms with van der Waals surface area (Å²) in [6, 6.07) is 9.80. The van der Waals surface area contributed by atoms with Gasteiger partial charge in [0.15, 0.2) is 11.8 Å². The van der Waals surface area contributed by atoms with Crippen molar-refractivity contribution in [2.75, 3.05) is 26.7 Å². The number of aliphatic imine (C=N–C) groups is 1. The van der Waals surface area contributed by atoms with E-state index in [4.69, 9.17) is 9.26 Å². The number of halogens is 1. The summed E-state index contributed by atoms with van der Waals surface area (Å²) in [6.07, 6.45) is 1.55. The number of para-hydroxylation sites is 1. The predicted molar refractivity (Wildman–Crippen MR) is 104 cm³/mol. The molecule has 0 saturated carbocycles. The number of rotatable bonds is 8. The van der Waals surface area contributed by atoms with Gasteiger partial charge in [-0.2, -0.15) is 4.98 Å². The lowest BCUT2D eigenvalue weighted by Crippen LogP contribution is -2.39. The van der Waals surface area contributed by atoms with E-state index in [1.807, 2.05) is 30.3 Å². The van der Waals surface area contributed by atoms with Crippen LogP contribution < -0.4 is 15.4 Å². The molecule has 8 heteroatoms. The standard InChI is InChI=1S/C16H23N5O2.HI/c1-13-20-15(23-21-13)9-11-19-16(17-2)18-10-6-12-22-14-7-4-3-5-8-14;/h3-5,7-8H,6,9-12H2,1-2H3,(H2,17,18,19);1H. The van der Waals surface area contributed by atoms with Crippen molar-refractivity contribution < 1.29 is 9.26 Å². The van der Waals surface area contributed by atoms with E-state index in [1.165, 1.54) is 0 Å². The third kappa shape index (κ3) is 7.62. The van der Waals surface area contributed by atoms with Crippen LogP contribution in [0.1, 0.15) is 18.1 Å². The molecule has 132 valence electrons. The maximum Gasteiger partial charge on any atom is 0.228 e. The van der Waals surface area contributed by atoms with Crippen LogP contribution in [0, 0.1) is 6.92 Å². The van der Waals surface area contributed by atoms with Crippen molar-refractivity contribution in [3.05, 3.63) is 42.0 Å². The Morgan fingerprint density at radius 1 is 1.21 bits per heavy atom. The fraction of sp³-hybridized carbons (Fsp3) is 0.438. The highest BCUT2D eigenvalue weighted by Crippen LogP contribution is 2.07. The van der Waals surface area contributed by atoms with Gasteiger partial charge in [0.25, 0.3) is 0 Å². The van der Waals surface area contributed by atoms with E-state index in [1.54, 1.807) is 14.0 Å². The zero-order chi connectivity index (χ0) is 16.3. The molecular weight excluding hydrogens is 421 g/mol. The Bertz CT molecular complexity index is 604. The highest BCUT2D eigenvalue weighted by molar-refractivity contribution is 14.0. The van der Waals surface area contributed by atoms with E-state index < -0.39 is 0 Å². The quantitative estimate of drug-likeness (QED) is 0.281. The number of aromatic nitrogens is 2. The third-order valence-corrected chi connectivity index (χ3v) is 3.05. The first-order valence-corrected chi connectivity index (χ1v) is 7.69. The first-order chi connectivity index (χ1) is 11.3. The molecule has 0 unspecified atom stereocenters. The minimum Gasteiger partial charge on any atom is -0.494 e. The maximum atomic E-state index is 5.63. The van der Waals surface area contributed by atoms with E-state index in [0.29, 0.717) is 31.3 Å². The third-order valence-electron chi connectivity index (χ3n) is 3.05. The Morgan fingerprint density at radius 3 is 2.62 bits per heavy atom. The minimum atomic E-state index is 0. The predicted octanol–water partition coefficient (Wildman–Crippen LogP) is 2.17. The monoisotopic (exact) mass is 445 g/mol. The van der Waals surface area contributed by atoms with E-state index in [0.717, 1.165) is 24.7 Å². The van der Waals surface area contributed by atoms with Crippen LogP contribution >= 0.6 is 24.0 Å². The highest BCUT2D eigenvalue weighted by atomic mass is 127. The molecule has 0 aliphatic rings. The molecule has 0 bridgehead atoms. The smallest absolute Gasteiger partial charge is 0.228 e. The Morgan fingerprint density at radius 2 is 1.96 bits per heavy atom. The first kappa shape index (κ1) is 20.2. The van der Waals surface area contributed by atoms with Gasteiger partial charge in [-0.25, -0.2) is 0 Å². The van der Waals surface area contributed by atoms with Gasteiger partial charge < -0.3 is 19.9 Å². The SMILES string of the molecule is CN=C(NCCCOc1ccccc1)NCCc1nc(C)no1.I. The molecule has 0 atom stereocenters. The second-order valence-electron chi connectivity index (χ2n) is 4.93. The molecule has 0 fully saturated rings. The van der Waals surface area contributed by atoms with Crippen molar-refractivity contribution in [1.82, 2.24) is 20.8 Å². The topological polar surface area (TPSA) is 84.6 Å². The largest absolute Gasteiger partial charge is 0.494 e. The Kier molecular flexibility index (Phi) is 9.81. The summed E-state index contributed by atoms with van der Waals surface area (Å²) < 4.78 is 10.7. The van der Waals surface area contributed by atoms with Gasteiger partial charge in [0, 0.05) is 26.6 Å².